The molecule has 1 unspecified atom stereocenters. The van der Waals surface area contributed by atoms with Gasteiger partial charge < -0.3 is 9.87 Å². The first kappa shape index (κ1) is 15.8. The zero-order valence-electron chi connectivity index (χ0n) is 12.1. The maximum absolute atomic E-state index is 12.9. The van der Waals surface area contributed by atoms with Crippen LogP contribution in [0.15, 0.2) is 17.4 Å². The van der Waals surface area contributed by atoms with Crippen LogP contribution in [0.5, 0.6) is 0 Å². The zero-order valence-corrected chi connectivity index (χ0v) is 13.0. The van der Waals surface area contributed by atoms with Gasteiger partial charge in [0.1, 0.15) is 17.5 Å². The maximum Gasteiger partial charge on any atom is 0.343 e. The van der Waals surface area contributed by atoms with Crippen molar-refractivity contribution in [3.05, 3.63) is 18.0 Å². The van der Waals surface area contributed by atoms with Gasteiger partial charge in [0.25, 0.3) is 6.43 Å². The first-order valence-electron chi connectivity index (χ1n) is 6.25. The van der Waals surface area contributed by atoms with Gasteiger partial charge in [-0.25, -0.2) is 13.8 Å². The van der Waals surface area contributed by atoms with Crippen molar-refractivity contribution in [1.29, 1.82) is 0 Å². The average molecular weight is 314 g/mol. The minimum Gasteiger partial charge on any atom is -0.609 e. The molecule has 0 aliphatic rings. The van der Waals surface area contributed by atoms with Gasteiger partial charge in [-0.3, -0.25) is 0 Å². The fraction of sp³-hybridized carbons (Fsp3) is 0.462. The van der Waals surface area contributed by atoms with Gasteiger partial charge in [0.2, 0.25) is 0 Å². The lowest BCUT2D eigenvalue weighted by molar-refractivity contribution is 0.146. The summed E-state index contributed by atoms with van der Waals surface area (Å²) in [5.41, 5.74) is -0.338. The SMILES string of the molecule is C[S+]([O-])c1ncc2cc(C(F)F)nc(NC(C)(C)C)c2n1. The van der Waals surface area contributed by atoms with E-state index in [9.17, 15) is 13.3 Å². The monoisotopic (exact) mass is 314 g/mol. The van der Waals surface area contributed by atoms with Gasteiger partial charge in [-0.05, 0) is 26.8 Å². The number of halogens is 2. The molecule has 2 rings (SSSR count). The summed E-state index contributed by atoms with van der Waals surface area (Å²) >= 11 is -1.36. The Morgan fingerprint density at radius 2 is 1.95 bits per heavy atom. The van der Waals surface area contributed by atoms with Gasteiger partial charge in [0.05, 0.1) is 0 Å². The Morgan fingerprint density at radius 1 is 1.29 bits per heavy atom. The number of nitrogens with zero attached hydrogens (tertiary/aromatic N) is 3. The number of alkyl halides is 2. The van der Waals surface area contributed by atoms with Gasteiger partial charge >= 0.3 is 5.16 Å². The van der Waals surface area contributed by atoms with E-state index in [1.165, 1.54) is 18.5 Å². The third kappa shape index (κ3) is 3.76. The zero-order chi connectivity index (χ0) is 15.8. The molecular weight excluding hydrogens is 298 g/mol. The Balaban J connectivity index is 2.66. The van der Waals surface area contributed by atoms with Crippen molar-refractivity contribution in [2.45, 2.75) is 37.9 Å². The van der Waals surface area contributed by atoms with Gasteiger partial charge in [-0.2, -0.15) is 9.97 Å². The summed E-state index contributed by atoms with van der Waals surface area (Å²) in [6.07, 6.45) is 0.161. The molecule has 2 heterocycles. The lowest BCUT2D eigenvalue weighted by atomic mass is 10.1. The maximum atomic E-state index is 12.9. The highest BCUT2D eigenvalue weighted by molar-refractivity contribution is 7.90. The van der Waals surface area contributed by atoms with E-state index in [4.69, 9.17) is 0 Å². The predicted molar refractivity (Wildman–Crippen MR) is 78.0 cm³/mol. The molecule has 0 saturated carbocycles. The van der Waals surface area contributed by atoms with E-state index in [1.807, 2.05) is 20.8 Å². The van der Waals surface area contributed by atoms with Crippen LogP contribution < -0.4 is 5.32 Å². The van der Waals surface area contributed by atoms with E-state index in [2.05, 4.69) is 20.3 Å². The van der Waals surface area contributed by atoms with Crippen molar-refractivity contribution in [2.75, 3.05) is 11.6 Å². The summed E-state index contributed by atoms with van der Waals surface area (Å²) in [5.74, 6) is 0.240. The number of hydrogen-bond donors (Lipinski definition) is 1. The molecule has 0 fully saturated rings. The molecule has 0 radical (unpaired) electrons. The number of pyridine rings is 1. The molecule has 8 heteroatoms. The average Bonchev–Trinajstić information content (AvgIpc) is 2.35. The summed E-state index contributed by atoms with van der Waals surface area (Å²) in [7, 11) is 0. The van der Waals surface area contributed by atoms with Crippen molar-refractivity contribution >= 4 is 27.9 Å². The van der Waals surface area contributed by atoms with Crippen molar-refractivity contribution in [3.63, 3.8) is 0 Å². The Kier molecular flexibility index (Phi) is 4.29. The van der Waals surface area contributed by atoms with Crippen LogP contribution in [-0.4, -0.2) is 31.3 Å². The highest BCUT2D eigenvalue weighted by atomic mass is 32.2. The van der Waals surface area contributed by atoms with Gasteiger partial charge in [-0.1, -0.05) is 0 Å². The summed E-state index contributed by atoms with van der Waals surface area (Å²) in [6, 6.07) is 1.25. The van der Waals surface area contributed by atoms with Crippen LogP contribution in [0.2, 0.25) is 0 Å². The van der Waals surface area contributed by atoms with Crippen molar-refractivity contribution < 1.29 is 13.3 Å². The predicted octanol–water partition coefficient (Wildman–Crippen LogP) is 2.91. The van der Waals surface area contributed by atoms with Gasteiger partial charge in [0, 0.05) is 28.3 Å². The molecule has 0 spiro atoms. The molecule has 0 aliphatic carbocycles. The summed E-state index contributed by atoms with van der Waals surface area (Å²) in [5, 5.41) is 3.63. The van der Waals surface area contributed by atoms with Gasteiger partial charge in [0.15, 0.2) is 5.82 Å². The van der Waals surface area contributed by atoms with E-state index in [1.54, 1.807) is 0 Å². The number of hydrogen-bond acceptors (Lipinski definition) is 5. The van der Waals surface area contributed by atoms with E-state index in [0.29, 0.717) is 10.9 Å². The van der Waals surface area contributed by atoms with Crippen LogP contribution >= 0.6 is 0 Å². The molecule has 0 amide bonds. The first-order chi connectivity index (χ1) is 9.67. The lowest BCUT2D eigenvalue weighted by Gasteiger charge is -2.22. The van der Waals surface area contributed by atoms with Crippen molar-refractivity contribution in [2.24, 2.45) is 0 Å². The molecule has 1 atom stereocenters. The fourth-order valence-electron chi connectivity index (χ4n) is 1.74. The highest BCUT2D eigenvalue weighted by Gasteiger charge is 2.20. The Hall–Kier alpha value is -1.54. The molecule has 2 aromatic heterocycles. The number of anilines is 1. The summed E-state index contributed by atoms with van der Waals surface area (Å²) in [4.78, 5) is 12.0. The number of nitrogens with one attached hydrogen (secondary N) is 1. The van der Waals surface area contributed by atoms with Gasteiger partial charge in [-0.15, -0.1) is 0 Å². The van der Waals surface area contributed by atoms with E-state index < -0.39 is 17.6 Å². The summed E-state index contributed by atoms with van der Waals surface area (Å²) in [6.45, 7) is 5.65. The van der Waals surface area contributed by atoms with Crippen molar-refractivity contribution in [1.82, 2.24) is 15.0 Å². The van der Waals surface area contributed by atoms with E-state index in [0.717, 1.165) is 0 Å². The molecule has 2 aromatic rings. The van der Waals surface area contributed by atoms with Crippen LogP contribution in [0.1, 0.15) is 32.9 Å². The minimum absolute atomic E-state index is 0.144. The van der Waals surface area contributed by atoms with Crippen LogP contribution in [0, 0.1) is 0 Å². The summed E-state index contributed by atoms with van der Waals surface area (Å²) < 4.78 is 37.4. The molecule has 0 aliphatic heterocycles. The minimum atomic E-state index is -2.69. The lowest BCUT2D eigenvalue weighted by Crippen LogP contribution is -2.27. The molecule has 5 nitrogen and oxygen atoms in total. The Labute approximate surface area is 124 Å². The standard InChI is InChI=1S/C13H16F2N4OS/c1-13(2,3)19-11-9-7(5-8(17-11)10(14)15)6-16-12(18-9)21(4)20/h5-6,10H,1-4H3,(H,17,19). The van der Waals surface area contributed by atoms with Crippen LogP contribution in [0.4, 0.5) is 14.6 Å². The van der Waals surface area contributed by atoms with E-state index in [-0.39, 0.29) is 22.2 Å². The molecule has 1 N–H and O–H groups in total. The van der Waals surface area contributed by atoms with Crippen LogP contribution in [-0.2, 0) is 11.2 Å². The smallest absolute Gasteiger partial charge is 0.343 e. The quantitative estimate of drug-likeness (QED) is 0.696. The highest BCUT2D eigenvalue weighted by Crippen LogP contribution is 2.27. The third-order valence-electron chi connectivity index (χ3n) is 2.54. The number of aromatic nitrogens is 3. The number of fused-ring (bicyclic) bond motifs is 1. The molecule has 0 aromatic carbocycles. The number of rotatable bonds is 3. The second-order valence-corrected chi connectivity index (χ2v) is 6.89. The third-order valence-corrected chi connectivity index (χ3v) is 3.25. The second kappa shape index (κ2) is 5.69. The van der Waals surface area contributed by atoms with Crippen LogP contribution in [0.3, 0.4) is 0 Å². The second-order valence-electron chi connectivity index (χ2n) is 5.62. The van der Waals surface area contributed by atoms with E-state index >= 15 is 0 Å². The normalized spacial score (nSPS) is 13.7. The molecule has 0 saturated heterocycles. The molecular formula is C13H16F2N4OS. The fourth-order valence-corrected chi connectivity index (χ4v) is 2.16. The van der Waals surface area contributed by atoms with Crippen LogP contribution in [0.25, 0.3) is 10.9 Å². The van der Waals surface area contributed by atoms with Crippen molar-refractivity contribution in [3.8, 4) is 0 Å². The largest absolute Gasteiger partial charge is 0.609 e. The molecule has 0 bridgehead atoms. The molecule has 114 valence electrons. The topological polar surface area (TPSA) is 73.8 Å². The Bertz CT molecular complexity index is 658. The first-order valence-corrected chi connectivity index (χ1v) is 7.80. The Morgan fingerprint density at radius 3 is 2.48 bits per heavy atom. The molecule has 21 heavy (non-hydrogen) atoms.